The Hall–Kier alpha value is -0.610. The van der Waals surface area contributed by atoms with Gasteiger partial charge in [0, 0.05) is 32.7 Å². The van der Waals surface area contributed by atoms with Gasteiger partial charge < -0.3 is 15.3 Å². The lowest BCUT2D eigenvalue weighted by Gasteiger charge is -2.35. The van der Waals surface area contributed by atoms with Crippen LogP contribution in [0.2, 0.25) is 0 Å². The summed E-state index contributed by atoms with van der Waals surface area (Å²) in [5.41, 5.74) is 0. The summed E-state index contributed by atoms with van der Waals surface area (Å²) in [7, 11) is 0. The summed E-state index contributed by atoms with van der Waals surface area (Å²) >= 11 is 0. The highest BCUT2D eigenvalue weighted by molar-refractivity contribution is 5.73. The molecule has 1 aliphatic carbocycles. The van der Waals surface area contributed by atoms with Crippen molar-refractivity contribution in [1.29, 1.82) is 0 Å². The monoisotopic (exact) mass is 268 g/mol. The van der Waals surface area contributed by atoms with Crippen LogP contribution in [-0.2, 0) is 4.79 Å². The van der Waals surface area contributed by atoms with E-state index in [-0.39, 0.29) is 5.91 Å². The van der Waals surface area contributed by atoms with Gasteiger partial charge in [0.05, 0.1) is 0 Å². The van der Waals surface area contributed by atoms with Gasteiger partial charge in [-0.2, -0.15) is 0 Å². The van der Waals surface area contributed by atoms with E-state index in [1.54, 1.807) is 6.92 Å². The van der Waals surface area contributed by atoms with Crippen molar-refractivity contribution in [2.24, 2.45) is 11.8 Å². The summed E-state index contributed by atoms with van der Waals surface area (Å²) in [5.74, 6) is 1.34. The van der Waals surface area contributed by atoms with Gasteiger partial charge in [0.15, 0.2) is 0 Å². The fourth-order valence-corrected chi connectivity index (χ4v) is 3.51. The van der Waals surface area contributed by atoms with Crippen LogP contribution in [0.25, 0.3) is 0 Å². The Kier molecular flexibility index (Phi) is 5.64. The molecule has 0 bridgehead atoms. The molecule has 1 heterocycles. The average molecular weight is 268 g/mol. The van der Waals surface area contributed by atoms with Crippen molar-refractivity contribution in [3.05, 3.63) is 0 Å². The molecule has 2 rings (SSSR count). The number of piperidine rings is 1. The van der Waals surface area contributed by atoms with Gasteiger partial charge in [-0.05, 0) is 44.1 Å². The van der Waals surface area contributed by atoms with Gasteiger partial charge in [0.25, 0.3) is 0 Å². The predicted molar refractivity (Wildman–Crippen MR) is 75.8 cm³/mol. The summed E-state index contributed by atoms with van der Waals surface area (Å²) < 4.78 is 0. The Morgan fingerprint density at radius 2 is 1.79 bits per heavy atom. The first kappa shape index (κ1) is 14.8. The van der Waals surface area contributed by atoms with Crippen LogP contribution in [-0.4, -0.2) is 48.2 Å². The van der Waals surface area contributed by atoms with Gasteiger partial charge in [0.1, 0.15) is 0 Å². The van der Waals surface area contributed by atoms with Crippen molar-refractivity contribution >= 4 is 5.91 Å². The molecule has 0 aromatic rings. The van der Waals surface area contributed by atoms with Gasteiger partial charge in [0.2, 0.25) is 5.91 Å². The molecular formula is C15H28N2O2. The standard InChI is InChI=1S/C15H28N2O2/c1-12(19)17-8-6-15(7-9-17)16-10-13-4-2-3-5-14(13)11-18/h13-16,18H,2-11H2,1H3. The molecule has 4 heteroatoms. The third-order valence-electron chi connectivity index (χ3n) is 4.91. The maximum absolute atomic E-state index is 11.3. The van der Waals surface area contributed by atoms with Crippen LogP contribution in [0.5, 0.6) is 0 Å². The van der Waals surface area contributed by atoms with Gasteiger partial charge in [-0.15, -0.1) is 0 Å². The second-order valence-corrected chi connectivity index (χ2v) is 6.18. The molecule has 1 saturated heterocycles. The second kappa shape index (κ2) is 7.25. The van der Waals surface area contributed by atoms with Crippen LogP contribution in [0.1, 0.15) is 45.4 Å². The highest BCUT2D eigenvalue weighted by Gasteiger charge is 2.26. The highest BCUT2D eigenvalue weighted by Crippen LogP contribution is 2.29. The van der Waals surface area contributed by atoms with E-state index in [9.17, 15) is 9.90 Å². The first-order chi connectivity index (χ1) is 9.20. The van der Waals surface area contributed by atoms with Crippen molar-refractivity contribution in [2.45, 2.75) is 51.5 Å². The number of amides is 1. The molecule has 2 N–H and O–H groups in total. The van der Waals surface area contributed by atoms with Crippen LogP contribution in [0, 0.1) is 11.8 Å². The fourth-order valence-electron chi connectivity index (χ4n) is 3.51. The number of hydrogen-bond donors (Lipinski definition) is 2. The molecule has 1 saturated carbocycles. The summed E-state index contributed by atoms with van der Waals surface area (Å²) in [5, 5.41) is 13.1. The van der Waals surface area contributed by atoms with Crippen molar-refractivity contribution in [3.63, 3.8) is 0 Å². The summed E-state index contributed by atoms with van der Waals surface area (Å²) in [6.07, 6.45) is 7.16. The number of likely N-dealkylation sites (tertiary alicyclic amines) is 1. The third kappa shape index (κ3) is 4.18. The molecule has 0 aromatic heterocycles. The molecule has 2 aliphatic rings. The minimum absolute atomic E-state index is 0.200. The van der Waals surface area contributed by atoms with Crippen molar-refractivity contribution in [2.75, 3.05) is 26.2 Å². The molecule has 0 spiro atoms. The first-order valence-electron chi connectivity index (χ1n) is 7.80. The molecule has 1 aliphatic heterocycles. The molecule has 1 amide bonds. The number of nitrogens with one attached hydrogen (secondary N) is 1. The maximum Gasteiger partial charge on any atom is 0.219 e. The Balaban J connectivity index is 1.69. The summed E-state index contributed by atoms with van der Waals surface area (Å²) in [6.45, 7) is 4.81. The molecule has 110 valence electrons. The van der Waals surface area contributed by atoms with Crippen LogP contribution in [0.3, 0.4) is 0 Å². The quantitative estimate of drug-likeness (QED) is 0.810. The van der Waals surface area contributed by atoms with E-state index in [0.717, 1.165) is 32.5 Å². The van der Waals surface area contributed by atoms with Crippen LogP contribution < -0.4 is 5.32 Å². The normalized spacial score (nSPS) is 29.5. The van der Waals surface area contributed by atoms with Gasteiger partial charge in [-0.3, -0.25) is 4.79 Å². The summed E-state index contributed by atoms with van der Waals surface area (Å²) in [4.78, 5) is 13.2. The van der Waals surface area contributed by atoms with E-state index < -0.39 is 0 Å². The van der Waals surface area contributed by atoms with Gasteiger partial charge in [-0.25, -0.2) is 0 Å². The van der Waals surface area contributed by atoms with E-state index >= 15 is 0 Å². The lowest BCUT2D eigenvalue weighted by atomic mass is 9.79. The number of carbonyl (C=O) groups excluding carboxylic acids is 1. The SMILES string of the molecule is CC(=O)N1CCC(NCC2CCCCC2CO)CC1. The zero-order chi connectivity index (χ0) is 13.7. The largest absolute Gasteiger partial charge is 0.396 e. The maximum atomic E-state index is 11.3. The third-order valence-corrected chi connectivity index (χ3v) is 4.91. The van der Waals surface area contributed by atoms with Crippen molar-refractivity contribution in [3.8, 4) is 0 Å². The minimum Gasteiger partial charge on any atom is -0.396 e. The lowest BCUT2D eigenvalue weighted by molar-refractivity contribution is -0.129. The number of rotatable bonds is 4. The molecule has 0 radical (unpaired) electrons. The van der Waals surface area contributed by atoms with Gasteiger partial charge in [-0.1, -0.05) is 12.8 Å². The zero-order valence-corrected chi connectivity index (χ0v) is 12.1. The summed E-state index contributed by atoms with van der Waals surface area (Å²) in [6, 6.07) is 0.553. The minimum atomic E-state index is 0.200. The average Bonchev–Trinajstić information content (AvgIpc) is 2.45. The number of carbonyl (C=O) groups is 1. The fraction of sp³-hybridized carbons (Fsp3) is 0.933. The zero-order valence-electron chi connectivity index (χ0n) is 12.1. The Bertz CT molecular complexity index is 288. The van der Waals surface area contributed by atoms with E-state index in [1.165, 1.54) is 25.7 Å². The molecule has 0 aromatic carbocycles. The lowest BCUT2D eigenvalue weighted by Crippen LogP contribution is -2.46. The molecule has 19 heavy (non-hydrogen) atoms. The van der Waals surface area contributed by atoms with Crippen LogP contribution in [0.4, 0.5) is 0 Å². The van der Waals surface area contributed by atoms with Crippen LogP contribution in [0.15, 0.2) is 0 Å². The van der Waals surface area contributed by atoms with E-state index in [4.69, 9.17) is 0 Å². The Labute approximate surface area is 116 Å². The number of hydrogen-bond acceptors (Lipinski definition) is 3. The molecule has 2 unspecified atom stereocenters. The second-order valence-electron chi connectivity index (χ2n) is 6.18. The molecule has 2 atom stereocenters. The Morgan fingerprint density at radius 1 is 1.16 bits per heavy atom. The van der Waals surface area contributed by atoms with E-state index in [1.807, 2.05) is 4.90 Å². The molecule has 4 nitrogen and oxygen atoms in total. The topological polar surface area (TPSA) is 52.6 Å². The smallest absolute Gasteiger partial charge is 0.219 e. The number of aliphatic hydroxyl groups is 1. The first-order valence-corrected chi connectivity index (χ1v) is 7.80. The van der Waals surface area contributed by atoms with Gasteiger partial charge >= 0.3 is 0 Å². The molecule has 2 fully saturated rings. The number of aliphatic hydroxyl groups excluding tert-OH is 1. The Morgan fingerprint density at radius 3 is 2.37 bits per heavy atom. The highest BCUT2D eigenvalue weighted by atomic mass is 16.3. The van der Waals surface area contributed by atoms with Crippen molar-refractivity contribution < 1.29 is 9.90 Å². The van der Waals surface area contributed by atoms with Crippen molar-refractivity contribution in [1.82, 2.24) is 10.2 Å². The van der Waals surface area contributed by atoms with E-state index in [2.05, 4.69) is 5.32 Å². The van der Waals surface area contributed by atoms with Crippen LogP contribution >= 0.6 is 0 Å². The van der Waals surface area contributed by atoms with E-state index in [0.29, 0.717) is 24.5 Å². The predicted octanol–water partition coefficient (Wildman–Crippen LogP) is 1.39. The number of nitrogens with zero attached hydrogens (tertiary/aromatic N) is 1. The molecular weight excluding hydrogens is 240 g/mol.